The smallest absolute Gasteiger partial charge is 0.313 e. The highest BCUT2D eigenvalue weighted by molar-refractivity contribution is 5.98. The molecule has 0 amide bonds. The maximum absolute atomic E-state index is 11.8. The van der Waals surface area contributed by atoms with Gasteiger partial charge < -0.3 is 9.64 Å². The van der Waals surface area contributed by atoms with E-state index in [-0.39, 0.29) is 11.9 Å². The van der Waals surface area contributed by atoms with Crippen LogP contribution in [0.1, 0.15) is 17.9 Å². The van der Waals surface area contributed by atoms with Gasteiger partial charge >= 0.3 is 5.97 Å². The van der Waals surface area contributed by atoms with Gasteiger partial charge in [0.1, 0.15) is 0 Å². The lowest BCUT2D eigenvalue weighted by Crippen LogP contribution is -2.10. The van der Waals surface area contributed by atoms with Crippen molar-refractivity contribution in [3.63, 3.8) is 0 Å². The summed E-state index contributed by atoms with van der Waals surface area (Å²) in [6.45, 7) is 0.535. The van der Waals surface area contributed by atoms with Crippen LogP contribution in [0.4, 0.5) is 5.69 Å². The number of hydrogen-bond acceptors (Lipinski definition) is 3. The van der Waals surface area contributed by atoms with Crippen molar-refractivity contribution in [3.8, 4) is 0 Å². The normalized spacial score (nSPS) is 18.6. The van der Waals surface area contributed by atoms with Crippen LogP contribution in [-0.2, 0) is 9.53 Å². The Bertz CT molecular complexity index is 634. The summed E-state index contributed by atoms with van der Waals surface area (Å²) in [5, 5.41) is 2.34. The van der Waals surface area contributed by atoms with Crippen molar-refractivity contribution in [3.05, 3.63) is 42.0 Å². The highest BCUT2D eigenvalue weighted by Gasteiger charge is 2.29. The van der Waals surface area contributed by atoms with Crippen molar-refractivity contribution in [2.75, 3.05) is 25.6 Å². The molecular weight excluding hydrogens is 238 g/mol. The minimum absolute atomic E-state index is 0.0947. The summed E-state index contributed by atoms with van der Waals surface area (Å²) in [7, 11) is 4.07. The van der Waals surface area contributed by atoms with E-state index in [1.165, 1.54) is 11.1 Å². The van der Waals surface area contributed by atoms with Gasteiger partial charge in [0.05, 0.1) is 12.5 Å². The Morgan fingerprint density at radius 1 is 1.11 bits per heavy atom. The van der Waals surface area contributed by atoms with Gasteiger partial charge in [-0.3, -0.25) is 4.79 Å². The summed E-state index contributed by atoms with van der Waals surface area (Å²) in [6, 6.07) is 12.4. The van der Waals surface area contributed by atoms with Gasteiger partial charge in [-0.05, 0) is 23.4 Å². The number of rotatable bonds is 2. The molecule has 1 atom stereocenters. The molecule has 0 saturated carbocycles. The first kappa shape index (κ1) is 12.0. The summed E-state index contributed by atoms with van der Waals surface area (Å²) in [5.41, 5.74) is 2.26. The molecule has 1 heterocycles. The number of carbonyl (C=O) groups is 1. The number of benzene rings is 2. The zero-order valence-corrected chi connectivity index (χ0v) is 11.2. The Morgan fingerprint density at radius 3 is 2.53 bits per heavy atom. The molecule has 0 aromatic heterocycles. The van der Waals surface area contributed by atoms with Gasteiger partial charge in [0.15, 0.2) is 0 Å². The van der Waals surface area contributed by atoms with Crippen LogP contribution < -0.4 is 4.90 Å². The Balaban J connectivity index is 2.21. The summed E-state index contributed by atoms with van der Waals surface area (Å²) in [4.78, 5) is 13.9. The molecule has 1 aliphatic rings. The van der Waals surface area contributed by atoms with E-state index in [1.54, 1.807) is 0 Å². The predicted molar refractivity (Wildman–Crippen MR) is 76.6 cm³/mol. The van der Waals surface area contributed by atoms with Gasteiger partial charge in [0.25, 0.3) is 0 Å². The maximum Gasteiger partial charge on any atom is 0.313 e. The van der Waals surface area contributed by atoms with Crippen molar-refractivity contribution >= 4 is 22.4 Å². The van der Waals surface area contributed by atoms with Crippen molar-refractivity contribution in [1.82, 2.24) is 0 Å². The number of carbonyl (C=O) groups excluding carboxylic acids is 1. The zero-order valence-electron chi connectivity index (χ0n) is 11.2. The Kier molecular flexibility index (Phi) is 2.90. The molecule has 0 N–H and O–H groups in total. The second-order valence-corrected chi connectivity index (χ2v) is 5.12. The second-order valence-electron chi connectivity index (χ2n) is 5.12. The minimum Gasteiger partial charge on any atom is -0.465 e. The van der Waals surface area contributed by atoms with Crippen LogP contribution in [0.2, 0.25) is 0 Å². The molecule has 0 radical (unpaired) electrons. The van der Waals surface area contributed by atoms with E-state index in [1.807, 2.05) is 32.3 Å². The molecule has 1 fully saturated rings. The van der Waals surface area contributed by atoms with E-state index >= 15 is 0 Å². The van der Waals surface area contributed by atoms with E-state index in [0.717, 1.165) is 17.4 Å². The Labute approximate surface area is 112 Å². The third-order valence-corrected chi connectivity index (χ3v) is 3.73. The molecule has 19 heavy (non-hydrogen) atoms. The highest BCUT2D eigenvalue weighted by atomic mass is 16.5. The highest BCUT2D eigenvalue weighted by Crippen LogP contribution is 2.35. The monoisotopic (exact) mass is 255 g/mol. The standard InChI is InChI=1S/C16H17NO2/c1-17(2)15-8-4-6-11-12(5-3-7-13(11)15)14-9-10-19-16(14)18/h3-8,14H,9-10H2,1-2H3/t14-/m0/s1. The fraction of sp³-hybridized carbons (Fsp3) is 0.312. The quantitative estimate of drug-likeness (QED) is 0.773. The van der Waals surface area contributed by atoms with E-state index < -0.39 is 0 Å². The van der Waals surface area contributed by atoms with Gasteiger partial charge in [0.2, 0.25) is 0 Å². The van der Waals surface area contributed by atoms with Gasteiger partial charge in [-0.1, -0.05) is 30.3 Å². The number of nitrogens with zero attached hydrogens (tertiary/aromatic N) is 1. The summed E-state index contributed by atoms with van der Waals surface area (Å²) in [5.74, 6) is -0.205. The van der Waals surface area contributed by atoms with Crippen molar-refractivity contribution in [2.24, 2.45) is 0 Å². The molecule has 2 aromatic carbocycles. The van der Waals surface area contributed by atoms with Gasteiger partial charge in [-0.15, -0.1) is 0 Å². The number of hydrogen-bond donors (Lipinski definition) is 0. The fourth-order valence-electron chi connectivity index (χ4n) is 2.79. The second kappa shape index (κ2) is 4.57. The van der Waals surface area contributed by atoms with Crippen molar-refractivity contribution in [2.45, 2.75) is 12.3 Å². The molecule has 3 nitrogen and oxygen atoms in total. The van der Waals surface area contributed by atoms with Crippen molar-refractivity contribution < 1.29 is 9.53 Å². The summed E-state index contributed by atoms with van der Waals surface area (Å²) >= 11 is 0. The van der Waals surface area contributed by atoms with Crippen LogP contribution in [0.5, 0.6) is 0 Å². The first-order valence-electron chi connectivity index (χ1n) is 6.54. The van der Waals surface area contributed by atoms with Crippen LogP contribution in [0.3, 0.4) is 0 Å². The molecule has 3 heteroatoms. The topological polar surface area (TPSA) is 29.5 Å². The largest absolute Gasteiger partial charge is 0.465 e. The predicted octanol–water partition coefficient (Wildman–Crippen LogP) is 2.94. The van der Waals surface area contributed by atoms with Crippen LogP contribution in [-0.4, -0.2) is 26.7 Å². The average molecular weight is 255 g/mol. The molecule has 98 valence electrons. The van der Waals surface area contributed by atoms with Crippen LogP contribution >= 0.6 is 0 Å². The third-order valence-electron chi connectivity index (χ3n) is 3.73. The molecule has 0 spiro atoms. The Hall–Kier alpha value is -2.03. The zero-order chi connectivity index (χ0) is 13.4. The van der Waals surface area contributed by atoms with E-state index in [2.05, 4.69) is 23.1 Å². The molecular formula is C16H17NO2. The number of esters is 1. The van der Waals surface area contributed by atoms with E-state index in [9.17, 15) is 4.79 Å². The fourth-order valence-corrected chi connectivity index (χ4v) is 2.79. The molecule has 1 saturated heterocycles. The number of cyclic esters (lactones) is 1. The van der Waals surface area contributed by atoms with E-state index in [0.29, 0.717) is 6.61 Å². The minimum atomic E-state index is -0.110. The first-order valence-corrected chi connectivity index (χ1v) is 6.54. The Morgan fingerprint density at radius 2 is 1.84 bits per heavy atom. The molecule has 1 aliphatic heterocycles. The van der Waals surface area contributed by atoms with Crippen LogP contribution in [0.25, 0.3) is 10.8 Å². The average Bonchev–Trinajstić information content (AvgIpc) is 2.83. The van der Waals surface area contributed by atoms with E-state index in [4.69, 9.17) is 4.74 Å². The van der Waals surface area contributed by atoms with Crippen LogP contribution in [0.15, 0.2) is 36.4 Å². The summed E-state index contributed by atoms with van der Waals surface area (Å²) < 4.78 is 5.10. The lowest BCUT2D eigenvalue weighted by Gasteiger charge is -2.17. The molecule has 0 bridgehead atoms. The van der Waals surface area contributed by atoms with Crippen molar-refractivity contribution in [1.29, 1.82) is 0 Å². The maximum atomic E-state index is 11.8. The van der Waals surface area contributed by atoms with Gasteiger partial charge in [-0.2, -0.15) is 0 Å². The number of ether oxygens (including phenoxy) is 1. The SMILES string of the molecule is CN(C)c1cccc2c([C@@H]3CCOC3=O)cccc12. The molecule has 0 aliphatic carbocycles. The molecule has 2 aromatic rings. The summed E-state index contributed by atoms with van der Waals surface area (Å²) in [6.07, 6.45) is 0.782. The lowest BCUT2D eigenvalue weighted by atomic mass is 9.92. The number of fused-ring (bicyclic) bond motifs is 1. The first-order chi connectivity index (χ1) is 9.18. The molecule has 3 rings (SSSR count). The van der Waals surface area contributed by atoms with Gasteiger partial charge in [0, 0.05) is 25.2 Å². The lowest BCUT2D eigenvalue weighted by molar-refractivity contribution is -0.139. The van der Waals surface area contributed by atoms with Gasteiger partial charge in [-0.25, -0.2) is 0 Å². The third kappa shape index (κ3) is 1.95. The molecule has 0 unspecified atom stereocenters. The number of anilines is 1. The van der Waals surface area contributed by atoms with Crippen LogP contribution in [0, 0.1) is 0 Å².